The van der Waals surface area contributed by atoms with Gasteiger partial charge in [-0.1, -0.05) is 23.4 Å². The van der Waals surface area contributed by atoms with Gasteiger partial charge in [-0.05, 0) is 52.0 Å². The summed E-state index contributed by atoms with van der Waals surface area (Å²) >= 11 is 7.40. The number of hydrogen-bond acceptors (Lipinski definition) is 8. The molecule has 2 aliphatic heterocycles. The van der Waals surface area contributed by atoms with Crippen LogP contribution in [0.25, 0.3) is 0 Å². The molecule has 3 rings (SSSR count). The summed E-state index contributed by atoms with van der Waals surface area (Å²) in [4.78, 5) is 42.0. The molecule has 0 fully saturated rings. The maximum atomic E-state index is 13.4. The number of phenols is 1. The van der Waals surface area contributed by atoms with Crippen LogP contribution in [-0.4, -0.2) is 47.0 Å². The first-order valence-electron chi connectivity index (χ1n) is 9.68. The molecule has 2 heterocycles. The number of carbonyl (C=O) groups is 3. The third-order valence-corrected chi connectivity index (χ3v) is 6.27. The SMILES string of the molecule is CCOC(=O)C1=C(C(=O)c2cc(Cl)ccc2O)C=C2SC(C)=C(C)N2C1C(=O)OCC. The van der Waals surface area contributed by atoms with Crippen LogP contribution in [0.15, 0.2) is 51.1 Å². The lowest BCUT2D eigenvalue weighted by Gasteiger charge is -2.34. The summed E-state index contributed by atoms with van der Waals surface area (Å²) < 4.78 is 10.4. The predicted molar refractivity (Wildman–Crippen MR) is 117 cm³/mol. The monoisotopic (exact) mass is 463 g/mol. The molecule has 2 aliphatic rings. The molecule has 164 valence electrons. The van der Waals surface area contributed by atoms with Gasteiger partial charge >= 0.3 is 11.9 Å². The van der Waals surface area contributed by atoms with E-state index in [1.807, 2.05) is 13.8 Å². The molecular formula is C22H22ClNO6S. The van der Waals surface area contributed by atoms with Crippen molar-refractivity contribution in [3.8, 4) is 5.75 Å². The highest BCUT2D eigenvalue weighted by molar-refractivity contribution is 8.06. The zero-order valence-corrected chi connectivity index (χ0v) is 19.1. The molecule has 0 aliphatic carbocycles. The van der Waals surface area contributed by atoms with Crippen LogP contribution >= 0.6 is 23.4 Å². The topological polar surface area (TPSA) is 93.1 Å². The van der Waals surface area contributed by atoms with Crippen LogP contribution in [0.1, 0.15) is 38.1 Å². The highest BCUT2D eigenvalue weighted by Gasteiger charge is 2.46. The number of phenolic OH excluding ortho intramolecular Hbond substituents is 1. The van der Waals surface area contributed by atoms with Crippen LogP contribution in [0.4, 0.5) is 0 Å². The Morgan fingerprint density at radius 1 is 1.16 bits per heavy atom. The molecule has 0 spiro atoms. The van der Waals surface area contributed by atoms with Crippen molar-refractivity contribution in [2.24, 2.45) is 0 Å². The number of hydrogen-bond donors (Lipinski definition) is 1. The van der Waals surface area contributed by atoms with Crippen molar-refractivity contribution in [1.29, 1.82) is 0 Å². The van der Waals surface area contributed by atoms with E-state index in [-0.39, 0.29) is 40.7 Å². The molecular weight excluding hydrogens is 442 g/mol. The number of nitrogens with zero attached hydrogens (tertiary/aromatic N) is 1. The fourth-order valence-corrected chi connectivity index (χ4v) is 4.66. The second-order valence-electron chi connectivity index (χ2n) is 6.79. The Morgan fingerprint density at radius 3 is 2.48 bits per heavy atom. The van der Waals surface area contributed by atoms with E-state index in [1.54, 1.807) is 18.7 Å². The van der Waals surface area contributed by atoms with Gasteiger partial charge in [0.1, 0.15) is 5.75 Å². The summed E-state index contributed by atoms with van der Waals surface area (Å²) in [5.41, 5.74) is 0.508. The van der Waals surface area contributed by atoms with Gasteiger partial charge in [-0.15, -0.1) is 0 Å². The molecule has 0 amide bonds. The summed E-state index contributed by atoms with van der Waals surface area (Å²) in [5.74, 6) is -2.41. The molecule has 7 nitrogen and oxygen atoms in total. The zero-order valence-electron chi connectivity index (χ0n) is 17.5. The van der Waals surface area contributed by atoms with Crippen molar-refractivity contribution in [3.63, 3.8) is 0 Å². The molecule has 1 atom stereocenters. The number of ether oxygens (including phenoxy) is 2. The molecule has 1 aromatic rings. The molecule has 1 aromatic carbocycles. The summed E-state index contributed by atoms with van der Waals surface area (Å²) in [6.45, 7) is 7.16. The number of allylic oxidation sites excluding steroid dienone is 4. The Balaban J connectivity index is 2.26. The Labute approximate surface area is 189 Å². The van der Waals surface area contributed by atoms with Crippen LogP contribution in [0.5, 0.6) is 5.75 Å². The van der Waals surface area contributed by atoms with E-state index in [0.29, 0.717) is 5.03 Å². The average Bonchev–Trinajstić information content (AvgIpc) is 3.01. The molecule has 1 unspecified atom stereocenters. The van der Waals surface area contributed by atoms with Crippen molar-refractivity contribution in [3.05, 3.63) is 61.6 Å². The highest BCUT2D eigenvalue weighted by Crippen LogP contribution is 2.47. The number of carbonyl (C=O) groups excluding carboxylic acids is 3. The van der Waals surface area contributed by atoms with Crippen molar-refractivity contribution >= 4 is 41.1 Å². The van der Waals surface area contributed by atoms with Crippen LogP contribution in [0.2, 0.25) is 5.02 Å². The number of aromatic hydroxyl groups is 1. The smallest absolute Gasteiger partial charge is 0.337 e. The minimum atomic E-state index is -1.19. The van der Waals surface area contributed by atoms with E-state index < -0.39 is 23.8 Å². The minimum absolute atomic E-state index is 0.0460. The first kappa shape index (κ1) is 23.0. The number of fused-ring (bicyclic) bond motifs is 1. The molecule has 1 N–H and O–H groups in total. The number of halogens is 1. The molecule has 9 heteroatoms. The van der Waals surface area contributed by atoms with Crippen LogP contribution in [0, 0.1) is 0 Å². The van der Waals surface area contributed by atoms with Crippen molar-refractivity contribution in [1.82, 2.24) is 4.90 Å². The number of rotatable bonds is 6. The van der Waals surface area contributed by atoms with Crippen molar-refractivity contribution in [2.45, 2.75) is 33.7 Å². The fraction of sp³-hybridized carbons (Fsp3) is 0.318. The van der Waals surface area contributed by atoms with Gasteiger partial charge in [-0.25, -0.2) is 9.59 Å². The fourth-order valence-electron chi connectivity index (χ4n) is 3.41. The molecule has 0 bridgehead atoms. The van der Waals surface area contributed by atoms with Gasteiger partial charge in [0.25, 0.3) is 0 Å². The number of ketones is 1. The van der Waals surface area contributed by atoms with E-state index in [4.69, 9.17) is 21.1 Å². The standard InChI is InChI=1S/C22H22ClNO6S/c1-5-29-21(27)18-15(20(26)14-9-13(23)7-8-16(14)25)10-17-24(11(3)12(4)31-17)19(18)22(28)30-6-2/h7-10,19,25H,5-6H2,1-4H3. The Morgan fingerprint density at radius 2 is 1.84 bits per heavy atom. The van der Waals surface area contributed by atoms with Crippen LogP contribution < -0.4 is 0 Å². The number of Topliss-reactive ketones (excluding diaryl/α,β-unsaturated/α-hetero) is 1. The Kier molecular flexibility index (Phi) is 6.81. The summed E-state index contributed by atoms with van der Waals surface area (Å²) in [6.07, 6.45) is 1.54. The number of esters is 2. The minimum Gasteiger partial charge on any atom is -0.507 e. The van der Waals surface area contributed by atoms with E-state index in [9.17, 15) is 19.5 Å². The Hall–Kier alpha value is -2.71. The van der Waals surface area contributed by atoms with E-state index >= 15 is 0 Å². The average molecular weight is 464 g/mol. The first-order valence-corrected chi connectivity index (χ1v) is 10.9. The predicted octanol–water partition coefficient (Wildman–Crippen LogP) is 4.17. The lowest BCUT2D eigenvalue weighted by molar-refractivity contribution is -0.150. The zero-order chi connectivity index (χ0) is 22.9. The van der Waals surface area contributed by atoms with Gasteiger partial charge in [0.05, 0.1) is 29.4 Å². The van der Waals surface area contributed by atoms with Gasteiger partial charge in [0.15, 0.2) is 11.8 Å². The largest absolute Gasteiger partial charge is 0.507 e. The van der Waals surface area contributed by atoms with E-state index in [1.165, 1.54) is 36.0 Å². The third-order valence-electron chi connectivity index (χ3n) is 4.91. The quantitative estimate of drug-likeness (QED) is 0.496. The maximum Gasteiger partial charge on any atom is 0.337 e. The van der Waals surface area contributed by atoms with Crippen molar-refractivity contribution in [2.75, 3.05) is 13.2 Å². The third kappa shape index (κ3) is 4.22. The number of thioether (sulfide) groups is 1. The van der Waals surface area contributed by atoms with E-state index in [0.717, 1.165) is 10.6 Å². The summed E-state index contributed by atoms with van der Waals surface area (Å²) in [7, 11) is 0. The molecule has 0 radical (unpaired) electrons. The van der Waals surface area contributed by atoms with Crippen molar-refractivity contribution < 1.29 is 29.0 Å². The van der Waals surface area contributed by atoms with Gasteiger partial charge < -0.3 is 19.5 Å². The van der Waals surface area contributed by atoms with E-state index in [2.05, 4.69) is 0 Å². The van der Waals surface area contributed by atoms with Gasteiger partial charge in [0.2, 0.25) is 0 Å². The highest BCUT2D eigenvalue weighted by atomic mass is 35.5. The second kappa shape index (κ2) is 9.20. The summed E-state index contributed by atoms with van der Waals surface area (Å²) in [6, 6.07) is 2.87. The van der Waals surface area contributed by atoms with Gasteiger partial charge in [-0.3, -0.25) is 4.79 Å². The molecule has 0 saturated heterocycles. The van der Waals surface area contributed by atoms with Gasteiger partial charge in [0, 0.05) is 21.2 Å². The Bertz CT molecular complexity index is 1060. The lowest BCUT2D eigenvalue weighted by atomic mass is 9.90. The lowest BCUT2D eigenvalue weighted by Crippen LogP contribution is -2.45. The second-order valence-corrected chi connectivity index (χ2v) is 8.46. The molecule has 0 aromatic heterocycles. The van der Waals surface area contributed by atoms with Crippen LogP contribution in [-0.2, 0) is 19.1 Å². The van der Waals surface area contributed by atoms with Crippen LogP contribution in [0.3, 0.4) is 0 Å². The normalized spacial score (nSPS) is 18.0. The number of benzene rings is 1. The first-order chi connectivity index (χ1) is 14.7. The molecule has 0 saturated carbocycles. The summed E-state index contributed by atoms with van der Waals surface area (Å²) in [5, 5.41) is 11.1. The van der Waals surface area contributed by atoms with Gasteiger partial charge in [-0.2, -0.15) is 0 Å². The molecule has 31 heavy (non-hydrogen) atoms. The maximum absolute atomic E-state index is 13.4.